The van der Waals surface area contributed by atoms with Crippen LogP contribution in [-0.2, 0) is 4.74 Å². The highest BCUT2D eigenvalue weighted by Crippen LogP contribution is 2.30. The van der Waals surface area contributed by atoms with Crippen molar-refractivity contribution in [2.24, 2.45) is 0 Å². The molecule has 0 spiro atoms. The normalized spacial score (nSPS) is 10.6. The van der Waals surface area contributed by atoms with E-state index in [0.29, 0.717) is 12.2 Å². The molecule has 110 valence electrons. The van der Waals surface area contributed by atoms with Crippen LogP contribution < -0.4 is 0 Å². The Morgan fingerprint density at radius 1 is 1.09 bits per heavy atom. The number of ether oxygens (including phenoxy) is 1. The molecule has 1 aromatic heterocycles. The van der Waals surface area contributed by atoms with Crippen molar-refractivity contribution in [3.05, 3.63) is 60.0 Å². The van der Waals surface area contributed by atoms with Crippen LogP contribution in [0.15, 0.2) is 48.8 Å². The molecule has 0 saturated carbocycles. The minimum absolute atomic E-state index is 0.305. The Morgan fingerprint density at radius 2 is 1.86 bits per heavy atom. The van der Waals surface area contributed by atoms with Crippen LogP contribution >= 0.6 is 0 Å². The summed E-state index contributed by atoms with van der Waals surface area (Å²) in [7, 11) is 0. The molecule has 0 aliphatic carbocycles. The molecule has 0 fully saturated rings. The largest absolute Gasteiger partial charge is 0.462 e. The molecule has 0 radical (unpaired) electrons. The molecule has 1 heterocycles. The molecule has 0 N–H and O–H groups in total. The van der Waals surface area contributed by atoms with E-state index in [0.717, 1.165) is 27.7 Å². The fraction of sp³-hybridized carbons (Fsp3) is 0.167. The van der Waals surface area contributed by atoms with Gasteiger partial charge in [0.05, 0.1) is 29.8 Å². The maximum Gasteiger partial charge on any atom is 0.338 e. The number of aromatic nitrogens is 2. The van der Waals surface area contributed by atoms with E-state index >= 15 is 0 Å². The van der Waals surface area contributed by atoms with Gasteiger partial charge in [0.15, 0.2) is 0 Å². The van der Waals surface area contributed by atoms with Crippen LogP contribution in [0.4, 0.5) is 0 Å². The van der Waals surface area contributed by atoms with Gasteiger partial charge in [0.2, 0.25) is 0 Å². The number of benzene rings is 2. The Bertz CT molecular complexity index is 843. The van der Waals surface area contributed by atoms with Crippen molar-refractivity contribution in [2.75, 3.05) is 6.61 Å². The van der Waals surface area contributed by atoms with E-state index in [9.17, 15) is 4.79 Å². The van der Waals surface area contributed by atoms with Crippen LogP contribution in [0.1, 0.15) is 23.0 Å². The van der Waals surface area contributed by atoms with E-state index in [1.54, 1.807) is 25.4 Å². The smallest absolute Gasteiger partial charge is 0.338 e. The second-order valence-electron chi connectivity index (χ2n) is 4.97. The van der Waals surface area contributed by atoms with Crippen LogP contribution in [-0.4, -0.2) is 22.5 Å². The standard InChI is InChI=1S/C18H16N2O2/c1-3-22-18(21)16-9-8-15(13-6-4-5-7-14(13)16)17-11-19-10-12(2)20-17/h4-11H,3H2,1-2H3. The summed E-state index contributed by atoms with van der Waals surface area (Å²) in [6.07, 6.45) is 3.46. The summed E-state index contributed by atoms with van der Waals surface area (Å²) in [6.45, 7) is 4.07. The van der Waals surface area contributed by atoms with Gasteiger partial charge in [-0.3, -0.25) is 4.98 Å². The molecule has 2 aromatic carbocycles. The maximum atomic E-state index is 12.1. The van der Waals surface area contributed by atoms with Gasteiger partial charge in [-0.15, -0.1) is 0 Å². The predicted octanol–water partition coefficient (Wildman–Crippen LogP) is 3.78. The predicted molar refractivity (Wildman–Crippen MR) is 85.7 cm³/mol. The number of hydrogen-bond donors (Lipinski definition) is 0. The Balaban J connectivity index is 2.22. The van der Waals surface area contributed by atoms with E-state index in [4.69, 9.17) is 4.74 Å². The third-order valence-electron chi connectivity index (χ3n) is 3.45. The molecule has 4 heteroatoms. The zero-order valence-corrected chi connectivity index (χ0v) is 12.5. The molecule has 0 aliphatic rings. The molecule has 0 bridgehead atoms. The van der Waals surface area contributed by atoms with Gasteiger partial charge in [-0.05, 0) is 30.7 Å². The molecule has 0 saturated heterocycles. The van der Waals surface area contributed by atoms with Gasteiger partial charge in [-0.2, -0.15) is 0 Å². The van der Waals surface area contributed by atoms with Crippen molar-refractivity contribution in [3.63, 3.8) is 0 Å². The van der Waals surface area contributed by atoms with E-state index in [1.165, 1.54) is 0 Å². The lowest BCUT2D eigenvalue weighted by Crippen LogP contribution is -2.05. The van der Waals surface area contributed by atoms with E-state index in [2.05, 4.69) is 9.97 Å². The van der Waals surface area contributed by atoms with Crippen LogP contribution in [0.25, 0.3) is 22.0 Å². The quantitative estimate of drug-likeness (QED) is 0.689. The Hall–Kier alpha value is -2.75. The number of carbonyl (C=O) groups excluding carboxylic acids is 1. The Labute approximate surface area is 128 Å². The summed E-state index contributed by atoms with van der Waals surface area (Å²) >= 11 is 0. The summed E-state index contributed by atoms with van der Waals surface area (Å²) in [5.41, 5.74) is 3.18. The number of rotatable bonds is 3. The lowest BCUT2D eigenvalue weighted by Gasteiger charge is -2.10. The van der Waals surface area contributed by atoms with Crippen molar-refractivity contribution < 1.29 is 9.53 Å². The number of aryl methyl sites for hydroxylation is 1. The summed E-state index contributed by atoms with van der Waals surface area (Å²) in [5, 5.41) is 1.83. The molecule has 0 amide bonds. The highest BCUT2D eigenvalue weighted by molar-refractivity contribution is 6.08. The molecule has 22 heavy (non-hydrogen) atoms. The first kappa shape index (κ1) is 14.2. The fourth-order valence-electron chi connectivity index (χ4n) is 2.50. The van der Waals surface area contributed by atoms with Crippen LogP contribution in [0.5, 0.6) is 0 Å². The first-order valence-corrected chi connectivity index (χ1v) is 7.18. The third-order valence-corrected chi connectivity index (χ3v) is 3.45. The van der Waals surface area contributed by atoms with Crippen molar-refractivity contribution in [3.8, 4) is 11.3 Å². The van der Waals surface area contributed by atoms with Crippen molar-refractivity contribution >= 4 is 16.7 Å². The second-order valence-corrected chi connectivity index (χ2v) is 4.97. The minimum Gasteiger partial charge on any atom is -0.462 e. The maximum absolute atomic E-state index is 12.1. The van der Waals surface area contributed by atoms with Crippen molar-refractivity contribution in [1.29, 1.82) is 0 Å². The summed E-state index contributed by atoms with van der Waals surface area (Å²) in [4.78, 5) is 20.8. The monoisotopic (exact) mass is 292 g/mol. The number of nitrogens with zero attached hydrogens (tertiary/aromatic N) is 2. The summed E-state index contributed by atoms with van der Waals surface area (Å²) < 4.78 is 5.13. The third kappa shape index (κ3) is 2.55. The molecule has 0 unspecified atom stereocenters. The molecule has 0 aliphatic heterocycles. The SMILES string of the molecule is CCOC(=O)c1ccc(-c2cncc(C)n2)c2ccccc12. The van der Waals surface area contributed by atoms with Gasteiger partial charge in [0.1, 0.15) is 0 Å². The minimum atomic E-state index is -0.305. The van der Waals surface area contributed by atoms with Crippen LogP contribution in [0.2, 0.25) is 0 Å². The Kier molecular flexibility index (Phi) is 3.83. The zero-order chi connectivity index (χ0) is 15.5. The zero-order valence-electron chi connectivity index (χ0n) is 12.5. The lowest BCUT2D eigenvalue weighted by molar-refractivity contribution is 0.0528. The molecular formula is C18H16N2O2. The average Bonchev–Trinajstić information content (AvgIpc) is 2.54. The van der Waals surface area contributed by atoms with Gasteiger partial charge >= 0.3 is 5.97 Å². The average molecular weight is 292 g/mol. The van der Waals surface area contributed by atoms with Gasteiger partial charge in [0.25, 0.3) is 0 Å². The second kappa shape index (κ2) is 5.93. The first-order valence-electron chi connectivity index (χ1n) is 7.18. The van der Waals surface area contributed by atoms with Gasteiger partial charge in [0, 0.05) is 11.8 Å². The molecule has 4 nitrogen and oxygen atoms in total. The highest BCUT2D eigenvalue weighted by Gasteiger charge is 2.14. The van der Waals surface area contributed by atoms with Gasteiger partial charge < -0.3 is 4.74 Å². The number of esters is 1. The number of carbonyl (C=O) groups is 1. The van der Waals surface area contributed by atoms with Crippen LogP contribution in [0, 0.1) is 6.92 Å². The Morgan fingerprint density at radius 3 is 2.59 bits per heavy atom. The number of fused-ring (bicyclic) bond motifs is 1. The highest BCUT2D eigenvalue weighted by atomic mass is 16.5. The first-order chi connectivity index (χ1) is 10.7. The van der Waals surface area contributed by atoms with Crippen LogP contribution in [0.3, 0.4) is 0 Å². The summed E-state index contributed by atoms with van der Waals surface area (Å²) in [5.74, 6) is -0.305. The summed E-state index contributed by atoms with van der Waals surface area (Å²) in [6, 6.07) is 11.5. The topological polar surface area (TPSA) is 52.1 Å². The van der Waals surface area contributed by atoms with E-state index in [1.807, 2.05) is 37.3 Å². The molecule has 3 rings (SSSR count). The molecule has 0 atom stereocenters. The van der Waals surface area contributed by atoms with E-state index in [-0.39, 0.29) is 5.97 Å². The fourth-order valence-corrected chi connectivity index (χ4v) is 2.50. The molecular weight excluding hydrogens is 276 g/mol. The van der Waals surface area contributed by atoms with Gasteiger partial charge in [-0.1, -0.05) is 30.3 Å². The van der Waals surface area contributed by atoms with Gasteiger partial charge in [-0.25, -0.2) is 9.78 Å². The lowest BCUT2D eigenvalue weighted by atomic mass is 9.98. The number of hydrogen-bond acceptors (Lipinski definition) is 4. The van der Waals surface area contributed by atoms with Crippen molar-refractivity contribution in [1.82, 2.24) is 9.97 Å². The molecule has 3 aromatic rings. The van der Waals surface area contributed by atoms with E-state index < -0.39 is 0 Å². The van der Waals surface area contributed by atoms with Crippen molar-refractivity contribution in [2.45, 2.75) is 13.8 Å².